The van der Waals surface area contributed by atoms with Crippen LogP contribution in [0.1, 0.15) is 37.7 Å². The van der Waals surface area contributed by atoms with Crippen molar-refractivity contribution in [1.82, 2.24) is 0 Å². The number of carbonyl (C=O) groups excluding carboxylic acids is 1. The van der Waals surface area contributed by atoms with E-state index in [1.54, 1.807) is 19.1 Å². The monoisotopic (exact) mass is 424 g/mol. The number of hydrogen-bond acceptors (Lipinski definition) is 5. The molecule has 0 N–H and O–H groups in total. The molecule has 0 fully saturated rings. The predicted octanol–water partition coefficient (Wildman–Crippen LogP) is 4.64. The fraction of sp³-hybridized carbons (Fsp3) is 0.364. The molecule has 0 bridgehead atoms. The Balaban J connectivity index is 2.32. The molecule has 2 rings (SSSR count). The Kier molecular flexibility index (Phi) is 7.25. The summed E-state index contributed by atoms with van der Waals surface area (Å²) in [4.78, 5) is 24.5. The number of aryl methyl sites for hydroxylation is 1. The zero-order valence-corrected chi connectivity index (χ0v) is 17.1. The second-order valence-electron chi connectivity index (χ2n) is 6.68. The van der Waals surface area contributed by atoms with Gasteiger partial charge in [0.2, 0.25) is 0 Å². The van der Waals surface area contributed by atoms with Crippen LogP contribution in [-0.4, -0.2) is 25.4 Å². The third-order valence-corrected chi connectivity index (χ3v) is 4.62. The van der Waals surface area contributed by atoms with Crippen LogP contribution in [0.15, 0.2) is 57.8 Å². The Morgan fingerprint density at radius 3 is 2.30 bits per heavy atom. The highest BCUT2D eigenvalue weighted by Crippen LogP contribution is 2.43. The molecular weight excluding hydrogens is 401 g/mol. The first-order valence-corrected chi connectivity index (χ1v) is 9.27. The quantitative estimate of drug-likeness (QED) is 0.606. The first kappa shape index (κ1) is 23.4. The second kappa shape index (κ2) is 9.30. The third-order valence-electron chi connectivity index (χ3n) is 4.62. The van der Waals surface area contributed by atoms with Gasteiger partial charge in [-0.2, -0.15) is 13.2 Å². The summed E-state index contributed by atoms with van der Waals surface area (Å²) in [6.45, 7) is 4.81. The van der Waals surface area contributed by atoms with E-state index in [1.165, 1.54) is 31.2 Å². The zero-order valence-electron chi connectivity index (χ0n) is 17.1. The van der Waals surface area contributed by atoms with Crippen LogP contribution in [0.4, 0.5) is 13.2 Å². The number of carbonyl (C=O) groups is 1. The lowest BCUT2D eigenvalue weighted by Gasteiger charge is -2.33. The van der Waals surface area contributed by atoms with E-state index in [2.05, 4.69) is 0 Å². The molecule has 1 heterocycles. The Bertz CT molecular complexity index is 963. The Morgan fingerprint density at radius 2 is 1.80 bits per heavy atom. The van der Waals surface area contributed by atoms with Gasteiger partial charge in [0.15, 0.2) is 0 Å². The molecule has 0 saturated carbocycles. The van der Waals surface area contributed by atoms with E-state index in [9.17, 15) is 22.8 Å². The molecule has 2 atom stereocenters. The highest BCUT2D eigenvalue weighted by molar-refractivity contribution is 5.83. The van der Waals surface area contributed by atoms with Crippen molar-refractivity contribution in [3.8, 4) is 0 Å². The van der Waals surface area contributed by atoms with Gasteiger partial charge in [0, 0.05) is 18.2 Å². The zero-order chi connectivity index (χ0) is 22.5. The normalized spacial score (nSPS) is 15.4. The number of benzene rings is 1. The SMILES string of the molecule is CCc1ccc(/C(C)=C/[C@H](C)OC(=O)[C@](OC)(c2ccccc2)C(F)(F)F)oc1=O. The summed E-state index contributed by atoms with van der Waals surface area (Å²) in [6, 6.07) is 9.76. The number of alkyl halides is 3. The van der Waals surface area contributed by atoms with Gasteiger partial charge in [-0.05, 0) is 44.1 Å². The standard InChI is InChI=1S/C22H23F3O5/c1-5-16-11-12-18(30-19(16)26)14(2)13-15(3)29-20(27)21(28-4,22(23,24)25)17-9-7-6-8-10-17/h6-13,15H,5H2,1-4H3/b14-13+/t15-,21+/m0/s1. The summed E-state index contributed by atoms with van der Waals surface area (Å²) in [5.74, 6) is -1.36. The Morgan fingerprint density at radius 1 is 1.17 bits per heavy atom. The summed E-state index contributed by atoms with van der Waals surface area (Å²) in [7, 11) is 0.803. The van der Waals surface area contributed by atoms with Gasteiger partial charge in [-0.3, -0.25) is 0 Å². The Labute approximate surface area is 172 Å². The predicted molar refractivity (Wildman–Crippen MR) is 105 cm³/mol. The molecule has 8 heteroatoms. The highest BCUT2D eigenvalue weighted by atomic mass is 19.4. The summed E-state index contributed by atoms with van der Waals surface area (Å²) in [6.07, 6.45) is -4.20. The van der Waals surface area contributed by atoms with Gasteiger partial charge in [-0.1, -0.05) is 37.3 Å². The van der Waals surface area contributed by atoms with E-state index >= 15 is 0 Å². The average Bonchev–Trinajstić information content (AvgIpc) is 2.68. The molecule has 2 aromatic rings. The molecule has 0 amide bonds. The van der Waals surface area contributed by atoms with Crippen molar-refractivity contribution in [2.24, 2.45) is 0 Å². The molecule has 5 nitrogen and oxygen atoms in total. The molecule has 162 valence electrons. The molecule has 1 aromatic heterocycles. The molecule has 30 heavy (non-hydrogen) atoms. The lowest BCUT2D eigenvalue weighted by molar-refractivity contribution is -0.277. The largest absolute Gasteiger partial charge is 0.456 e. The van der Waals surface area contributed by atoms with Crippen LogP contribution in [0.2, 0.25) is 0 Å². The van der Waals surface area contributed by atoms with Crippen LogP contribution in [0.3, 0.4) is 0 Å². The first-order chi connectivity index (χ1) is 14.1. The average molecular weight is 424 g/mol. The van der Waals surface area contributed by atoms with Crippen LogP contribution in [0, 0.1) is 0 Å². The van der Waals surface area contributed by atoms with E-state index in [1.807, 2.05) is 6.92 Å². The fourth-order valence-electron chi connectivity index (χ4n) is 3.02. The van der Waals surface area contributed by atoms with E-state index in [4.69, 9.17) is 13.9 Å². The number of rotatable bonds is 7. The molecule has 0 radical (unpaired) electrons. The van der Waals surface area contributed by atoms with Gasteiger partial charge in [0.25, 0.3) is 5.60 Å². The minimum absolute atomic E-state index is 0.233. The number of allylic oxidation sites excluding steroid dienone is 1. The maximum absolute atomic E-state index is 13.9. The van der Waals surface area contributed by atoms with E-state index in [0.717, 1.165) is 19.2 Å². The van der Waals surface area contributed by atoms with Crippen LogP contribution < -0.4 is 5.63 Å². The molecule has 0 aliphatic carbocycles. The van der Waals surface area contributed by atoms with E-state index in [0.29, 0.717) is 17.6 Å². The van der Waals surface area contributed by atoms with Crippen molar-refractivity contribution in [3.05, 3.63) is 75.8 Å². The van der Waals surface area contributed by atoms with Gasteiger partial charge >= 0.3 is 17.8 Å². The number of ether oxygens (including phenoxy) is 2. The second-order valence-corrected chi connectivity index (χ2v) is 6.68. The van der Waals surface area contributed by atoms with Crippen LogP contribution >= 0.6 is 0 Å². The van der Waals surface area contributed by atoms with Gasteiger partial charge in [0.1, 0.15) is 11.9 Å². The highest BCUT2D eigenvalue weighted by Gasteiger charge is 2.64. The third kappa shape index (κ3) is 4.64. The van der Waals surface area contributed by atoms with Crippen molar-refractivity contribution >= 4 is 11.5 Å². The van der Waals surface area contributed by atoms with E-state index < -0.39 is 29.5 Å². The van der Waals surface area contributed by atoms with Crippen LogP contribution in [-0.2, 0) is 26.3 Å². The van der Waals surface area contributed by atoms with Crippen LogP contribution in [0.5, 0.6) is 0 Å². The first-order valence-electron chi connectivity index (χ1n) is 9.27. The molecule has 0 aliphatic heterocycles. The lowest BCUT2D eigenvalue weighted by atomic mass is 9.92. The van der Waals surface area contributed by atoms with Gasteiger partial charge in [-0.25, -0.2) is 9.59 Å². The smallest absolute Gasteiger partial charge is 0.432 e. The number of hydrogen-bond donors (Lipinski definition) is 0. The molecular formula is C22H23F3O5. The number of halogens is 3. The summed E-state index contributed by atoms with van der Waals surface area (Å²) < 4.78 is 56.7. The van der Waals surface area contributed by atoms with Crippen molar-refractivity contribution < 1.29 is 31.9 Å². The summed E-state index contributed by atoms with van der Waals surface area (Å²) in [5, 5.41) is 0. The minimum atomic E-state index is -5.05. The summed E-state index contributed by atoms with van der Waals surface area (Å²) in [5.41, 5.74) is -3.21. The van der Waals surface area contributed by atoms with Gasteiger partial charge in [0.05, 0.1) is 0 Å². The van der Waals surface area contributed by atoms with E-state index in [-0.39, 0.29) is 11.3 Å². The maximum atomic E-state index is 13.9. The number of methoxy groups -OCH3 is 1. The van der Waals surface area contributed by atoms with Crippen molar-refractivity contribution in [3.63, 3.8) is 0 Å². The lowest BCUT2D eigenvalue weighted by Crippen LogP contribution is -2.52. The molecule has 0 unspecified atom stereocenters. The van der Waals surface area contributed by atoms with Gasteiger partial charge < -0.3 is 13.9 Å². The molecule has 0 spiro atoms. The number of esters is 1. The van der Waals surface area contributed by atoms with Crippen molar-refractivity contribution in [1.29, 1.82) is 0 Å². The van der Waals surface area contributed by atoms with Gasteiger partial charge in [-0.15, -0.1) is 0 Å². The summed E-state index contributed by atoms with van der Waals surface area (Å²) >= 11 is 0. The topological polar surface area (TPSA) is 65.7 Å². The molecule has 0 saturated heterocycles. The van der Waals surface area contributed by atoms with Crippen LogP contribution in [0.25, 0.3) is 5.57 Å². The van der Waals surface area contributed by atoms with Crippen molar-refractivity contribution in [2.75, 3.05) is 7.11 Å². The van der Waals surface area contributed by atoms with Crippen molar-refractivity contribution in [2.45, 2.75) is 45.1 Å². The minimum Gasteiger partial charge on any atom is -0.456 e. The maximum Gasteiger partial charge on any atom is 0.432 e. The molecule has 0 aliphatic rings. The fourth-order valence-corrected chi connectivity index (χ4v) is 3.02. The molecule has 1 aromatic carbocycles. The Hall–Kier alpha value is -2.87.